The molecule has 0 aromatic heterocycles. The summed E-state index contributed by atoms with van der Waals surface area (Å²) in [4.78, 5) is 17.3. The van der Waals surface area contributed by atoms with Gasteiger partial charge < -0.3 is 5.32 Å². The van der Waals surface area contributed by atoms with Crippen LogP contribution in [0.1, 0.15) is 50.6 Å². The number of hydrogen-bond donors (Lipinski definition) is 1. The molecule has 1 aromatic carbocycles. The van der Waals surface area contributed by atoms with E-state index in [4.69, 9.17) is 11.6 Å². The molecule has 1 heterocycles. The van der Waals surface area contributed by atoms with Crippen LogP contribution in [0.5, 0.6) is 0 Å². The number of nitrogens with one attached hydrogen (secondary N) is 1. The molecule has 0 spiro atoms. The summed E-state index contributed by atoms with van der Waals surface area (Å²) < 4.78 is 0. The van der Waals surface area contributed by atoms with Crippen molar-refractivity contribution in [2.24, 2.45) is 5.92 Å². The molecule has 5 heteroatoms. The Labute approximate surface area is 162 Å². The Balaban J connectivity index is 1.57. The van der Waals surface area contributed by atoms with Crippen molar-refractivity contribution >= 4 is 17.5 Å². The maximum atomic E-state index is 12.6. The first-order chi connectivity index (χ1) is 12.7. The Morgan fingerprint density at radius 2 is 2.04 bits per heavy atom. The van der Waals surface area contributed by atoms with Crippen LogP contribution >= 0.6 is 11.6 Å². The van der Waals surface area contributed by atoms with Gasteiger partial charge in [-0.1, -0.05) is 36.7 Å². The van der Waals surface area contributed by atoms with Gasteiger partial charge in [-0.05, 0) is 69.3 Å². The molecule has 1 unspecified atom stereocenters. The van der Waals surface area contributed by atoms with Crippen molar-refractivity contribution in [3.05, 3.63) is 34.9 Å². The smallest absolute Gasteiger partial charge is 0.234 e. The first-order valence-electron chi connectivity index (χ1n) is 10.1. The Kier molecular flexibility index (Phi) is 7.35. The van der Waals surface area contributed by atoms with Crippen LogP contribution in [0.2, 0.25) is 5.02 Å². The molecule has 1 aromatic rings. The zero-order valence-electron chi connectivity index (χ0n) is 15.9. The third-order valence-corrected chi connectivity index (χ3v) is 5.80. The first-order valence-corrected chi connectivity index (χ1v) is 10.5. The fourth-order valence-electron chi connectivity index (χ4n) is 3.92. The predicted molar refractivity (Wildman–Crippen MR) is 107 cm³/mol. The van der Waals surface area contributed by atoms with Gasteiger partial charge in [0.2, 0.25) is 5.91 Å². The van der Waals surface area contributed by atoms with E-state index in [-0.39, 0.29) is 11.9 Å². The average Bonchev–Trinajstić information content (AvgIpc) is 3.27. The van der Waals surface area contributed by atoms with Gasteiger partial charge in [0.05, 0.1) is 12.6 Å². The number of carbonyl (C=O) groups is 1. The Morgan fingerprint density at radius 1 is 1.31 bits per heavy atom. The molecule has 3 rings (SSSR count). The van der Waals surface area contributed by atoms with Gasteiger partial charge in [-0.25, -0.2) is 0 Å². The fraction of sp³-hybridized carbons (Fsp3) is 0.667. The second-order valence-electron chi connectivity index (χ2n) is 7.76. The molecule has 26 heavy (non-hydrogen) atoms. The van der Waals surface area contributed by atoms with Crippen molar-refractivity contribution in [2.45, 2.75) is 45.1 Å². The van der Waals surface area contributed by atoms with Gasteiger partial charge in [0.1, 0.15) is 0 Å². The van der Waals surface area contributed by atoms with E-state index in [1.165, 1.54) is 25.7 Å². The number of likely N-dealkylation sites (tertiary alicyclic amines) is 1. The van der Waals surface area contributed by atoms with E-state index in [1.807, 2.05) is 18.2 Å². The van der Waals surface area contributed by atoms with Crippen LogP contribution in [-0.4, -0.2) is 55.0 Å². The molecule has 1 N–H and O–H groups in total. The molecule has 1 amide bonds. The van der Waals surface area contributed by atoms with Gasteiger partial charge in [0.15, 0.2) is 0 Å². The maximum absolute atomic E-state index is 12.6. The molecule has 2 fully saturated rings. The summed E-state index contributed by atoms with van der Waals surface area (Å²) in [5, 5.41) is 3.98. The number of benzene rings is 1. The number of rotatable bonds is 10. The largest absolute Gasteiger partial charge is 0.353 e. The van der Waals surface area contributed by atoms with Crippen LogP contribution in [0.15, 0.2) is 24.3 Å². The number of amides is 1. The topological polar surface area (TPSA) is 35.6 Å². The van der Waals surface area contributed by atoms with E-state index in [2.05, 4.69) is 28.1 Å². The van der Waals surface area contributed by atoms with Gasteiger partial charge in [-0.15, -0.1) is 0 Å². The summed E-state index contributed by atoms with van der Waals surface area (Å²) in [7, 11) is 0. The lowest BCUT2D eigenvalue weighted by atomic mass is 10.1. The Bertz CT molecular complexity index is 584. The van der Waals surface area contributed by atoms with Crippen LogP contribution < -0.4 is 5.32 Å². The summed E-state index contributed by atoms with van der Waals surface area (Å²) in [5.74, 6) is 0.949. The monoisotopic (exact) mass is 377 g/mol. The van der Waals surface area contributed by atoms with E-state index in [1.54, 1.807) is 0 Å². The Morgan fingerprint density at radius 3 is 2.69 bits per heavy atom. The van der Waals surface area contributed by atoms with Crippen LogP contribution in [-0.2, 0) is 4.79 Å². The van der Waals surface area contributed by atoms with Gasteiger partial charge in [0, 0.05) is 18.1 Å². The predicted octanol–water partition coefficient (Wildman–Crippen LogP) is 3.72. The third-order valence-electron chi connectivity index (χ3n) is 5.46. The third kappa shape index (κ3) is 5.70. The average molecular weight is 378 g/mol. The van der Waals surface area contributed by atoms with Crippen molar-refractivity contribution in [1.82, 2.24) is 15.1 Å². The minimum absolute atomic E-state index is 0.135. The van der Waals surface area contributed by atoms with E-state index in [0.29, 0.717) is 13.1 Å². The van der Waals surface area contributed by atoms with Crippen molar-refractivity contribution in [2.75, 3.05) is 39.3 Å². The second-order valence-corrected chi connectivity index (χ2v) is 8.17. The SMILES string of the molecule is CCCN(CC(=O)NCC(c1ccccc1Cl)N1CCCC1)CC1CC1. The van der Waals surface area contributed by atoms with Crippen LogP contribution in [0, 0.1) is 5.92 Å². The molecule has 1 aliphatic carbocycles. The van der Waals surface area contributed by atoms with Crippen molar-refractivity contribution in [3.8, 4) is 0 Å². The summed E-state index contributed by atoms with van der Waals surface area (Å²) in [6.07, 6.45) is 6.19. The highest BCUT2D eigenvalue weighted by Gasteiger charge is 2.27. The molecule has 4 nitrogen and oxygen atoms in total. The van der Waals surface area contributed by atoms with Crippen LogP contribution in [0.4, 0.5) is 0 Å². The molecule has 0 bridgehead atoms. The van der Waals surface area contributed by atoms with Crippen LogP contribution in [0.3, 0.4) is 0 Å². The zero-order valence-corrected chi connectivity index (χ0v) is 16.7. The Hall–Kier alpha value is -1.10. The number of hydrogen-bond acceptors (Lipinski definition) is 3. The normalized spacial score (nSPS) is 19.0. The van der Waals surface area contributed by atoms with Crippen molar-refractivity contribution < 1.29 is 4.79 Å². The second kappa shape index (κ2) is 9.72. The van der Waals surface area contributed by atoms with E-state index >= 15 is 0 Å². The van der Waals surface area contributed by atoms with Crippen molar-refractivity contribution in [1.29, 1.82) is 0 Å². The van der Waals surface area contributed by atoms with Gasteiger partial charge in [0.25, 0.3) is 0 Å². The molecule has 0 radical (unpaired) electrons. The molecule has 1 saturated heterocycles. The number of nitrogens with zero attached hydrogens (tertiary/aromatic N) is 2. The van der Waals surface area contributed by atoms with Gasteiger partial charge in [-0.2, -0.15) is 0 Å². The summed E-state index contributed by atoms with van der Waals surface area (Å²) in [5.41, 5.74) is 1.12. The highest BCUT2D eigenvalue weighted by Crippen LogP contribution is 2.30. The lowest BCUT2D eigenvalue weighted by molar-refractivity contribution is -0.122. The van der Waals surface area contributed by atoms with E-state index in [9.17, 15) is 4.79 Å². The molecular formula is C21H32ClN3O. The van der Waals surface area contributed by atoms with Crippen molar-refractivity contribution in [3.63, 3.8) is 0 Å². The zero-order chi connectivity index (χ0) is 18.4. The van der Waals surface area contributed by atoms with Gasteiger partial charge >= 0.3 is 0 Å². The van der Waals surface area contributed by atoms with E-state index in [0.717, 1.165) is 49.1 Å². The summed E-state index contributed by atoms with van der Waals surface area (Å²) >= 11 is 6.45. The fourth-order valence-corrected chi connectivity index (χ4v) is 4.18. The molecule has 1 atom stereocenters. The standard InChI is InChI=1S/C21H32ClN3O/c1-2-11-24(15-17-9-10-17)16-21(26)23-14-20(25-12-5-6-13-25)18-7-3-4-8-19(18)22/h3-4,7-8,17,20H,2,5-6,9-16H2,1H3,(H,23,26). The molecular weight excluding hydrogens is 346 g/mol. The molecule has 144 valence electrons. The van der Waals surface area contributed by atoms with E-state index < -0.39 is 0 Å². The number of carbonyl (C=O) groups excluding carboxylic acids is 1. The highest BCUT2D eigenvalue weighted by atomic mass is 35.5. The lowest BCUT2D eigenvalue weighted by Crippen LogP contribution is -2.42. The molecule has 1 saturated carbocycles. The molecule has 2 aliphatic rings. The lowest BCUT2D eigenvalue weighted by Gasteiger charge is -2.29. The first kappa shape index (κ1) is 19.7. The summed E-state index contributed by atoms with van der Waals surface area (Å²) in [6, 6.07) is 8.20. The van der Waals surface area contributed by atoms with Crippen LogP contribution in [0.25, 0.3) is 0 Å². The summed E-state index contributed by atoms with van der Waals surface area (Å²) in [6.45, 7) is 7.56. The molecule has 1 aliphatic heterocycles. The maximum Gasteiger partial charge on any atom is 0.234 e. The van der Waals surface area contributed by atoms with Gasteiger partial charge in [-0.3, -0.25) is 14.6 Å². The minimum Gasteiger partial charge on any atom is -0.353 e. The highest BCUT2D eigenvalue weighted by molar-refractivity contribution is 6.31. The quantitative estimate of drug-likeness (QED) is 0.675. The minimum atomic E-state index is 0.135. The number of halogens is 1.